The van der Waals surface area contributed by atoms with E-state index in [4.69, 9.17) is 4.52 Å². The topological polar surface area (TPSA) is 59.6 Å². The number of carbonyl (C=O) groups is 1. The minimum atomic E-state index is -0.0694. The summed E-state index contributed by atoms with van der Waals surface area (Å²) in [5.41, 5.74) is 0.784. The number of rotatable bonds is 3. The third-order valence-corrected chi connectivity index (χ3v) is 3.82. The van der Waals surface area contributed by atoms with Gasteiger partial charge in [-0.1, -0.05) is 32.9 Å². The fourth-order valence-electron chi connectivity index (χ4n) is 2.65. The van der Waals surface area contributed by atoms with E-state index in [1.807, 2.05) is 6.07 Å². The second-order valence-corrected chi connectivity index (χ2v) is 7.00. The molecular formula is C15H26N3O2+. The largest absolute Gasteiger partial charge is 0.338 e. The maximum absolute atomic E-state index is 12.0. The molecule has 0 saturated carbocycles. The first-order valence-electron chi connectivity index (χ1n) is 7.45. The van der Waals surface area contributed by atoms with Crippen molar-refractivity contribution in [1.82, 2.24) is 5.16 Å². The molecule has 20 heavy (non-hydrogen) atoms. The average Bonchev–Trinajstić information content (AvgIpc) is 2.76. The Morgan fingerprint density at radius 1 is 1.55 bits per heavy atom. The summed E-state index contributed by atoms with van der Waals surface area (Å²) in [7, 11) is 0. The summed E-state index contributed by atoms with van der Waals surface area (Å²) in [6.07, 6.45) is 2.49. The molecule has 1 aromatic heterocycles. The van der Waals surface area contributed by atoms with Gasteiger partial charge in [0.05, 0.1) is 18.8 Å². The highest BCUT2D eigenvalue weighted by atomic mass is 16.5. The van der Waals surface area contributed by atoms with Crippen molar-refractivity contribution in [3.8, 4) is 0 Å². The number of carbonyl (C=O) groups excluding carboxylic acids is 1. The van der Waals surface area contributed by atoms with Crippen LogP contribution in [0.3, 0.4) is 0 Å². The summed E-state index contributed by atoms with van der Waals surface area (Å²) >= 11 is 0. The summed E-state index contributed by atoms with van der Waals surface area (Å²) in [4.78, 5) is 13.4. The van der Waals surface area contributed by atoms with Gasteiger partial charge in [0.1, 0.15) is 0 Å². The summed E-state index contributed by atoms with van der Waals surface area (Å²) in [5.74, 6) is 1.17. The number of likely N-dealkylation sites (tertiary alicyclic amines) is 1. The molecule has 0 aliphatic carbocycles. The van der Waals surface area contributed by atoms with Gasteiger partial charge in [-0.15, -0.1) is 0 Å². The molecule has 0 spiro atoms. The molecule has 1 unspecified atom stereocenters. The van der Waals surface area contributed by atoms with Crippen LogP contribution in [0.25, 0.3) is 0 Å². The molecule has 112 valence electrons. The van der Waals surface area contributed by atoms with Gasteiger partial charge in [-0.2, -0.15) is 0 Å². The van der Waals surface area contributed by atoms with Gasteiger partial charge in [0, 0.05) is 17.4 Å². The Balaban J connectivity index is 1.86. The van der Waals surface area contributed by atoms with Gasteiger partial charge in [0.2, 0.25) is 5.88 Å². The first-order valence-corrected chi connectivity index (χ1v) is 7.45. The van der Waals surface area contributed by atoms with Gasteiger partial charge in [0.25, 0.3) is 5.91 Å². The van der Waals surface area contributed by atoms with Crippen molar-refractivity contribution in [1.29, 1.82) is 0 Å². The van der Waals surface area contributed by atoms with Crippen LogP contribution in [-0.4, -0.2) is 30.7 Å². The van der Waals surface area contributed by atoms with E-state index >= 15 is 0 Å². The van der Waals surface area contributed by atoms with Crippen LogP contribution in [0.15, 0.2) is 10.6 Å². The zero-order valence-electron chi connectivity index (χ0n) is 13.0. The summed E-state index contributed by atoms with van der Waals surface area (Å²) < 4.78 is 5.18. The number of amides is 1. The number of nitrogens with zero attached hydrogens (tertiary/aromatic N) is 1. The second-order valence-electron chi connectivity index (χ2n) is 7.00. The predicted octanol–water partition coefficient (Wildman–Crippen LogP) is 1.23. The first-order chi connectivity index (χ1) is 9.34. The molecule has 1 aromatic rings. The van der Waals surface area contributed by atoms with Gasteiger partial charge < -0.3 is 9.42 Å². The van der Waals surface area contributed by atoms with Crippen molar-refractivity contribution in [2.75, 3.05) is 25.0 Å². The lowest BCUT2D eigenvalue weighted by molar-refractivity contribution is -0.900. The Bertz CT molecular complexity index is 462. The van der Waals surface area contributed by atoms with E-state index < -0.39 is 0 Å². The van der Waals surface area contributed by atoms with E-state index in [0.29, 0.717) is 18.3 Å². The standard InChI is InChI=1S/C15H25N3O2/c1-11-6-5-7-18(9-11)10-13(19)16-14-8-12(17-20-14)15(2,3)4/h8,11H,5-7,9-10H2,1-4H3,(H,16,19)/p+1/t11-/m0/s1. The molecule has 1 fully saturated rings. The van der Waals surface area contributed by atoms with Gasteiger partial charge in [-0.25, -0.2) is 0 Å². The Hall–Kier alpha value is -1.36. The van der Waals surface area contributed by atoms with Crippen LogP contribution >= 0.6 is 0 Å². The van der Waals surface area contributed by atoms with Crippen molar-refractivity contribution in [2.24, 2.45) is 5.92 Å². The molecule has 1 aliphatic rings. The van der Waals surface area contributed by atoms with E-state index in [-0.39, 0.29) is 11.3 Å². The zero-order chi connectivity index (χ0) is 14.8. The molecular weight excluding hydrogens is 254 g/mol. The highest BCUT2D eigenvalue weighted by molar-refractivity contribution is 5.90. The van der Waals surface area contributed by atoms with Gasteiger partial charge in [0.15, 0.2) is 6.54 Å². The van der Waals surface area contributed by atoms with E-state index in [9.17, 15) is 4.79 Å². The lowest BCUT2D eigenvalue weighted by atomic mass is 9.92. The number of nitrogens with one attached hydrogen (secondary N) is 2. The van der Waals surface area contributed by atoms with Crippen molar-refractivity contribution in [3.63, 3.8) is 0 Å². The second kappa shape index (κ2) is 5.95. The lowest BCUT2D eigenvalue weighted by Crippen LogP contribution is -3.14. The van der Waals surface area contributed by atoms with Crippen molar-refractivity contribution >= 4 is 11.8 Å². The number of hydrogen-bond donors (Lipinski definition) is 2. The number of quaternary nitrogens is 1. The molecule has 2 rings (SSSR count). The van der Waals surface area contributed by atoms with E-state index in [1.54, 1.807) is 0 Å². The van der Waals surface area contributed by atoms with Crippen LogP contribution in [0.5, 0.6) is 0 Å². The average molecular weight is 280 g/mol. The summed E-state index contributed by atoms with van der Waals surface area (Å²) in [5, 5.41) is 6.81. The van der Waals surface area contributed by atoms with Gasteiger partial charge in [-0.3, -0.25) is 10.1 Å². The molecule has 0 radical (unpaired) electrons. The summed E-state index contributed by atoms with van der Waals surface area (Å²) in [6.45, 7) is 11.1. The zero-order valence-corrected chi connectivity index (χ0v) is 13.0. The van der Waals surface area contributed by atoms with E-state index in [1.165, 1.54) is 17.7 Å². The van der Waals surface area contributed by atoms with Crippen LogP contribution in [0, 0.1) is 5.92 Å². The summed E-state index contributed by atoms with van der Waals surface area (Å²) in [6, 6.07) is 1.81. The number of aromatic nitrogens is 1. The van der Waals surface area contributed by atoms with Crippen LogP contribution in [0.2, 0.25) is 0 Å². The van der Waals surface area contributed by atoms with Gasteiger partial charge in [-0.05, 0) is 12.8 Å². The minimum absolute atomic E-state index is 0.00529. The predicted molar refractivity (Wildman–Crippen MR) is 77.8 cm³/mol. The van der Waals surface area contributed by atoms with Crippen LogP contribution in [0.1, 0.15) is 46.2 Å². The Kier molecular flexibility index (Phi) is 4.48. The Morgan fingerprint density at radius 2 is 2.30 bits per heavy atom. The van der Waals surface area contributed by atoms with Crippen LogP contribution in [-0.2, 0) is 10.2 Å². The van der Waals surface area contributed by atoms with E-state index in [2.05, 4.69) is 38.2 Å². The molecule has 2 atom stereocenters. The van der Waals surface area contributed by atoms with Crippen LogP contribution in [0.4, 0.5) is 5.88 Å². The normalized spacial score (nSPS) is 23.6. The van der Waals surface area contributed by atoms with Crippen LogP contribution < -0.4 is 10.2 Å². The highest BCUT2D eigenvalue weighted by Crippen LogP contribution is 2.23. The smallest absolute Gasteiger partial charge is 0.281 e. The van der Waals surface area contributed by atoms with Crippen molar-refractivity contribution in [2.45, 2.75) is 46.0 Å². The highest BCUT2D eigenvalue weighted by Gasteiger charge is 2.23. The molecule has 1 aliphatic heterocycles. The van der Waals surface area contributed by atoms with Crippen molar-refractivity contribution in [3.05, 3.63) is 11.8 Å². The minimum Gasteiger partial charge on any atom is -0.338 e. The molecule has 2 heterocycles. The quantitative estimate of drug-likeness (QED) is 0.875. The van der Waals surface area contributed by atoms with Gasteiger partial charge >= 0.3 is 0 Å². The maximum Gasteiger partial charge on any atom is 0.281 e. The molecule has 0 bridgehead atoms. The van der Waals surface area contributed by atoms with Crippen molar-refractivity contribution < 1.29 is 14.2 Å². The SMILES string of the molecule is C[C@H]1CCC[NH+](CC(=O)Nc2cc(C(C)(C)C)no2)C1. The number of hydrogen-bond acceptors (Lipinski definition) is 3. The monoisotopic (exact) mass is 280 g/mol. The van der Waals surface area contributed by atoms with E-state index in [0.717, 1.165) is 18.8 Å². The first kappa shape index (κ1) is 15.0. The molecule has 0 aromatic carbocycles. The molecule has 5 nitrogen and oxygen atoms in total. The molecule has 1 amide bonds. The Morgan fingerprint density at radius 3 is 2.90 bits per heavy atom. The third kappa shape index (κ3) is 4.07. The fraction of sp³-hybridized carbons (Fsp3) is 0.733. The lowest BCUT2D eigenvalue weighted by Gasteiger charge is -2.27. The fourth-order valence-corrected chi connectivity index (χ4v) is 2.65. The number of piperidine rings is 1. The maximum atomic E-state index is 12.0. The molecule has 1 saturated heterocycles. The third-order valence-electron chi connectivity index (χ3n) is 3.82. The molecule has 5 heteroatoms. The molecule has 2 N–H and O–H groups in total. The number of anilines is 1. The Labute approximate surface area is 120 Å².